The molecule has 0 atom stereocenters. The van der Waals surface area contributed by atoms with Crippen LogP contribution in [0.25, 0.3) is 0 Å². The molecule has 1 aromatic carbocycles. The molecule has 11 heavy (non-hydrogen) atoms. The Morgan fingerprint density at radius 3 is 2.55 bits per heavy atom. The summed E-state index contributed by atoms with van der Waals surface area (Å²) in [6, 6.07) is 9.06. The average molecular weight is 170 g/mol. The normalized spacial score (nSPS) is 9.18. The molecule has 0 saturated heterocycles. The molecule has 1 nitrogen and oxygen atoms in total. The summed E-state index contributed by atoms with van der Waals surface area (Å²) in [6.07, 6.45) is 0. The van der Waals surface area contributed by atoms with Crippen molar-refractivity contribution in [2.24, 2.45) is 0 Å². The third kappa shape index (κ3) is 2.27. The number of thiocarbonyl (C=S) groups is 1. The van der Waals surface area contributed by atoms with Crippen LogP contribution in [-0.4, -0.2) is 11.9 Å². The van der Waals surface area contributed by atoms with Crippen LogP contribution in [0, 0.1) is 0 Å². The summed E-state index contributed by atoms with van der Waals surface area (Å²) in [5, 5.41) is 0.202. The molecular weight excluding hydrogens is 163 g/mol. The Bertz CT molecular complexity index is 235. The molecule has 0 aromatic heterocycles. The van der Waals surface area contributed by atoms with Crippen molar-refractivity contribution in [3.63, 3.8) is 0 Å². The summed E-state index contributed by atoms with van der Waals surface area (Å²) < 4.78 is 16.1. The van der Waals surface area contributed by atoms with E-state index >= 15 is 0 Å². The standard InChI is InChI=1S/C8H7FOS/c9-6-10-8(11)7-4-2-1-3-5-7/h1-5H,6H2. The fraction of sp³-hybridized carbons (Fsp3) is 0.125. The Morgan fingerprint density at radius 2 is 2.00 bits per heavy atom. The van der Waals surface area contributed by atoms with Crippen molar-refractivity contribution in [2.75, 3.05) is 6.86 Å². The fourth-order valence-electron chi connectivity index (χ4n) is 0.707. The Hall–Kier alpha value is -0.960. The zero-order chi connectivity index (χ0) is 8.10. The van der Waals surface area contributed by atoms with Gasteiger partial charge in [-0.15, -0.1) is 0 Å². The van der Waals surface area contributed by atoms with Crippen LogP contribution in [0.1, 0.15) is 5.56 Å². The first-order chi connectivity index (χ1) is 5.34. The largest absolute Gasteiger partial charge is 0.452 e. The number of halogens is 1. The molecule has 0 spiro atoms. The first-order valence-electron chi connectivity index (χ1n) is 3.12. The van der Waals surface area contributed by atoms with Gasteiger partial charge in [0.15, 0.2) is 5.05 Å². The highest BCUT2D eigenvalue weighted by molar-refractivity contribution is 7.80. The van der Waals surface area contributed by atoms with Crippen molar-refractivity contribution >= 4 is 17.3 Å². The summed E-state index contributed by atoms with van der Waals surface area (Å²) in [4.78, 5) is 0. The van der Waals surface area contributed by atoms with Crippen molar-refractivity contribution in [2.45, 2.75) is 0 Å². The Labute approximate surface area is 69.8 Å². The maximum absolute atomic E-state index is 11.6. The van der Waals surface area contributed by atoms with Gasteiger partial charge in [-0.2, -0.15) is 0 Å². The second kappa shape index (κ2) is 4.03. The average Bonchev–Trinajstić information content (AvgIpc) is 2.07. The summed E-state index contributed by atoms with van der Waals surface area (Å²) in [7, 11) is 0. The Kier molecular flexibility index (Phi) is 2.98. The van der Waals surface area contributed by atoms with E-state index < -0.39 is 6.86 Å². The van der Waals surface area contributed by atoms with Gasteiger partial charge in [-0.1, -0.05) is 30.3 Å². The van der Waals surface area contributed by atoms with E-state index in [0.717, 1.165) is 5.56 Å². The maximum atomic E-state index is 11.6. The molecule has 0 N–H and O–H groups in total. The Balaban J connectivity index is 2.69. The zero-order valence-electron chi connectivity index (χ0n) is 5.79. The lowest BCUT2D eigenvalue weighted by molar-refractivity contribution is 0.186. The van der Waals surface area contributed by atoms with E-state index in [1.54, 1.807) is 12.1 Å². The van der Waals surface area contributed by atoms with Crippen LogP contribution in [0.3, 0.4) is 0 Å². The summed E-state index contributed by atoms with van der Waals surface area (Å²) in [6.45, 7) is -0.867. The van der Waals surface area contributed by atoms with E-state index in [0.29, 0.717) is 0 Å². The molecule has 0 fully saturated rings. The zero-order valence-corrected chi connectivity index (χ0v) is 6.60. The van der Waals surface area contributed by atoms with Gasteiger partial charge in [-0.3, -0.25) is 0 Å². The topological polar surface area (TPSA) is 9.23 Å². The minimum absolute atomic E-state index is 0.202. The summed E-state index contributed by atoms with van der Waals surface area (Å²) in [5.41, 5.74) is 0.736. The predicted molar refractivity (Wildman–Crippen MR) is 45.2 cm³/mol. The van der Waals surface area contributed by atoms with Crippen LogP contribution in [0.2, 0.25) is 0 Å². The second-order valence-electron chi connectivity index (χ2n) is 1.91. The summed E-state index contributed by atoms with van der Waals surface area (Å²) >= 11 is 4.76. The van der Waals surface area contributed by atoms with E-state index in [2.05, 4.69) is 4.74 Å². The lowest BCUT2D eigenvalue weighted by Crippen LogP contribution is -2.01. The van der Waals surface area contributed by atoms with Crippen molar-refractivity contribution in [3.05, 3.63) is 35.9 Å². The molecule has 0 aliphatic heterocycles. The van der Waals surface area contributed by atoms with Gasteiger partial charge in [0.2, 0.25) is 6.86 Å². The fourth-order valence-corrected chi connectivity index (χ4v) is 0.888. The van der Waals surface area contributed by atoms with Gasteiger partial charge in [-0.25, -0.2) is 4.39 Å². The smallest absolute Gasteiger partial charge is 0.229 e. The molecule has 3 heteroatoms. The number of ether oxygens (including phenoxy) is 1. The quantitative estimate of drug-likeness (QED) is 0.630. The van der Waals surface area contributed by atoms with E-state index in [-0.39, 0.29) is 5.05 Å². The summed E-state index contributed by atoms with van der Waals surface area (Å²) in [5.74, 6) is 0. The molecule has 0 amide bonds. The van der Waals surface area contributed by atoms with Crippen LogP contribution < -0.4 is 0 Å². The van der Waals surface area contributed by atoms with Crippen LogP contribution in [-0.2, 0) is 4.74 Å². The van der Waals surface area contributed by atoms with Gasteiger partial charge in [0.1, 0.15) is 0 Å². The second-order valence-corrected chi connectivity index (χ2v) is 2.28. The molecular formula is C8H7FOS. The van der Waals surface area contributed by atoms with Crippen molar-refractivity contribution in [1.82, 2.24) is 0 Å². The van der Waals surface area contributed by atoms with Gasteiger partial charge in [0.05, 0.1) is 0 Å². The Morgan fingerprint density at radius 1 is 1.36 bits per heavy atom. The molecule has 0 aliphatic rings. The van der Waals surface area contributed by atoms with E-state index in [1.807, 2.05) is 18.2 Å². The number of alkyl halides is 1. The SMILES string of the molecule is FCOC(=S)c1ccccc1. The van der Waals surface area contributed by atoms with Crippen molar-refractivity contribution in [1.29, 1.82) is 0 Å². The van der Waals surface area contributed by atoms with E-state index in [9.17, 15) is 4.39 Å². The highest BCUT2D eigenvalue weighted by Crippen LogP contribution is 2.01. The van der Waals surface area contributed by atoms with E-state index in [4.69, 9.17) is 12.2 Å². The first kappa shape index (κ1) is 8.14. The van der Waals surface area contributed by atoms with Crippen LogP contribution in [0.4, 0.5) is 4.39 Å². The molecule has 0 aliphatic carbocycles. The number of hydrogen-bond acceptors (Lipinski definition) is 2. The predicted octanol–water partition coefficient (Wildman–Crippen LogP) is 2.31. The molecule has 0 heterocycles. The highest BCUT2D eigenvalue weighted by atomic mass is 32.1. The van der Waals surface area contributed by atoms with Gasteiger partial charge in [-0.05, 0) is 12.2 Å². The van der Waals surface area contributed by atoms with Crippen LogP contribution >= 0.6 is 12.2 Å². The molecule has 0 bridgehead atoms. The van der Waals surface area contributed by atoms with Gasteiger partial charge < -0.3 is 4.74 Å². The third-order valence-corrected chi connectivity index (χ3v) is 1.55. The maximum Gasteiger partial charge on any atom is 0.229 e. The number of hydrogen-bond donors (Lipinski definition) is 0. The van der Waals surface area contributed by atoms with Gasteiger partial charge >= 0.3 is 0 Å². The van der Waals surface area contributed by atoms with Crippen molar-refractivity contribution < 1.29 is 9.13 Å². The van der Waals surface area contributed by atoms with Gasteiger partial charge in [0.25, 0.3) is 0 Å². The van der Waals surface area contributed by atoms with Crippen LogP contribution in [0.5, 0.6) is 0 Å². The molecule has 1 rings (SSSR count). The highest BCUT2D eigenvalue weighted by Gasteiger charge is 1.98. The molecule has 0 radical (unpaired) electrons. The minimum Gasteiger partial charge on any atom is -0.452 e. The first-order valence-corrected chi connectivity index (χ1v) is 3.53. The minimum atomic E-state index is -0.867. The molecule has 0 unspecified atom stereocenters. The molecule has 0 saturated carbocycles. The van der Waals surface area contributed by atoms with Gasteiger partial charge in [0, 0.05) is 5.56 Å². The lowest BCUT2D eigenvalue weighted by atomic mass is 10.2. The molecule has 58 valence electrons. The molecule has 1 aromatic rings. The lowest BCUT2D eigenvalue weighted by Gasteiger charge is -2.01. The van der Waals surface area contributed by atoms with E-state index in [1.165, 1.54) is 0 Å². The number of rotatable bonds is 2. The third-order valence-electron chi connectivity index (χ3n) is 1.20. The monoisotopic (exact) mass is 170 g/mol. The van der Waals surface area contributed by atoms with Crippen molar-refractivity contribution in [3.8, 4) is 0 Å². The van der Waals surface area contributed by atoms with Crippen LogP contribution in [0.15, 0.2) is 30.3 Å². The number of benzene rings is 1.